The Balaban J connectivity index is 1.70. The van der Waals surface area contributed by atoms with Crippen LogP contribution in [0.3, 0.4) is 0 Å². The maximum Gasteiger partial charge on any atom is 0.496 e. The molecule has 0 radical (unpaired) electrons. The fourth-order valence-electron chi connectivity index (χ4n) is 2.88. The average Bonchev–Trinajstić information content (AvgIpc) is 3.06. The van der Waals surface area contributed by atoms with Crippen LogP contribution in [0.15, 0.2) is 54.9 Å². The first kappa shape index (κ1) is 15.4. The molecule has 4 rings (SSSR count). The highest BCUT2D eigenvalue weighted by molar-refractivity contribution is 6.62. The molecule has 3 heterocycles. The normalized spacial score (nSPS) is 19.1. The third-order valence-electron chi connectivity index (χ3n) is 5.07. The summed E-state index contributed by atoms with van der Waals surface area (Å²) in [5.41, 5.74) is 3.31. The Morgan fingerprint density at radius 3 is 2.21 bits per heavy atom. The minimum Gasteiger partial charge on any atom is -0.399 e. The predicted octanol–water partition coefficient (Wildman–Crippen LogP) is 3.30. The first-order valence-corrected chi connectivity index (χ1v) is 8.25. The number of benzene rings is 1. The van der Waals surface area contributed by atoms with Crippen LogP contribution in [0.1, 0.15) is 27.7 Å². The second-order valence-corrected chi connectivity index (χ2v) is 7.31. The van der Waals surface area contributed by atoms with Crippen molar-refractivity contribution in [1.82, 2.24) is 9.38 Å². The van der Waals surface area contributed by atoms with Gasteiger partial charge in [0.1, 0.15) is 5.65 Å². The molecule has 0 aliphatic carbocycles. The van der Waals surface area contributed by atoms with Gasteiger partial charge in [-0.3, -0.25) is 0 Å². The van der Waals surface area contributed by atoms with Crippen molar-refractivity contribution in [2.24, 2.45) is 0 Å². The van der Waals surface area contributed by atoms with Crippen LogP contribution in [-0.4, -0.2) is 27.7 Å². The molecule has 1 aliphatic rings. The third-order valence-corrected chi connectivity index (χ3v) is 5.07. The molecule has 0 N–H and O–H groups in total. The van der Waals surface area contributed by atoms with Gasteiger partial charge >= 0.3 is 7.12 Å². The lowest BCUT2D eigenvalue weighted by atomic mass is 9.80. The molecule has 0 bridgehead atoms. The van der Waals surface area contributed by atoms with E-state index in [0.717, 1.165) is 22.4 Å². The summed E-state index contributed by atoms with van der Waals surface area (Å²) in [7, 11) is -0.359. The second kappa shape index (κ2) is 5.20. The maximum absolute atomic E-state index is 6.13. The molecule has 1 aliphatic heterocycles. The third kappa shape index (κ3) is 2.45. The molecule has 0 atom stereocenters. The molecule has 0 spiro atoms. The molecule has 2 aromatic heterocycles. The lowest BCUT2D eigenvalue weighted by Gasteiger charge is -2.32. The molecule has 3 aromatic rings. The van der Waals surface area contributed by atoms with Crippen LogP contribution in [0.25, 0.3) is 16.9 Å². The zero-order valence-electron chi connectivity index (χ0n) is 14.5. The van der Waals surface area contributed by atoms with Crippen LogP contribution in [0, 0.1) is 0 Å². The topological polar surface area (TPSA) is 35.8 Å². The van der Waals surface area contributed by atoms with Gasteiger partial charge in [-0.2, -0.15) is 0 Å². The molecule has 5 heteroatoms. The van der Waals surface area contributed by atoms with Crippen molar-refractivity contribution in [3.05, 3.63) is 54.9 Å². The van der Waals surface area contributed by atoms with E-state index in [-0.39, 0.29) is 18.3 Å². The molecule has 0 amide bonds. The summed E-state index contributed by atoms with van der Waals surface area (Å²) in [6, 6.07) is 14.2. The number of fused-ring (bicyclic) bond motifs is 1. The Morgan fingerprint density at radius 1 is 0.875 bits per heavy atom. The average molecular weight is 320 g/mol. The highest BCUT2D eigenvalue weighted by Gasteiger charge is 2.51. The van der Waals surface area contributed by atoms with Crippen molar-refractivity contribution in [3.63, 3.8) is 0 Å². The number of aromatic nitrogens is 2. The van der Waals surface area contributed by atoms with E-state index in [1.54, 1.807) is 0 Å². The van der Waals surface area contributed by atoms with Gasteiger partial charge in [-0.25, -0.2) is 4.98 Å². The molecule has 24 heavy (non-hydrogen) atoms. The molecule has 4 nitrogen and oxygen atoms in total. The van der Waals surface area contributed by atoms with Gasteiger partial charge in [-0.15, -0.1) is 0 Å². The minimum absolute atomic E-state index is 0.337. The van der Waals surface area contributed by atoms with Crippen LogP contribution in [0.2, 0.25) is 0 Å². The second-order valence-electron chi connectivity index (χ2n) is 7.31. The summed E-state index contributed by atoms with van der Waals surface area (Å²) in [6.45, 7) is 8.26. The molecule has 0 saturated carbocycles. The monoisotopic (exact) mass is 320 g/mol. The molecule has 1 saturated heterocycles. The van der Waals surface area contributed by atoms with E-state index in [1.165, 1.54) is 0 Å². The van der Waals surface area contributed by atoms with Crippen LogP contribution >= 0.6 is 0 Å². The van der Waals surface area contributed by atoms with Crippen molar-refractivity contribution in [3.8, 4) is 11.3 Å². The van der Waals surface area contributed by atoms with E-state index in [2.05, 4.69) is 44.8 Å². The Bertz CT molecular complexity index is 871. The Labute approximate surface area is 142 Å². The number of nitrogens with zero attached hydrogens (tertiary/aromatic N) is 2. The maximum atomic E-state index is 6.13. The number of rotatable bonds is 2. The Hall–Kier alpha value is -2.11. The van der Waals surface area contributed by atoms with E-state index >= 15 is 0 Å². The molecule has 0 unspecified atom stereocenters. The van der Waals surface area contributed by atoms with E-state index < -0.39 is 0 Å². The minimum atomic E-state index is -0.359. The first-order valence-electron chi connectivity index (χ1n) is 8.25. The van der Waals surface area contributed by atoms with Gasteiger partial charge in [-0.05, 0) is 39.2 Å². The summed E-state index contributed by atoms with van der Waals surface area (Å²) in [4.78, 5) is 4.69. The van der Waals surface area contributed by atoms with Crippen LogP contribution in [0.5, 0.6) is 0 Å². The van der Waals surface area contributed by atoms with Gasteiger partial charge < -0.3 is 13.7 Å². The smallest absolute Gasteiger partial charge is 0.399 e. The molecule has 122 valence electrons. The fraction of sp³-hybridized carbons (Fsp3) is 0.316. The van der Waals surface area contributed by atoms with Crippen molar-refractivity contribution < 1.29 is 9.31 Å². The molecular weight excluding hydrogens is 299 g/mol. The largest absolute Gasteiger partial charge is 0.496 e. The van der Waals surface area contributed by atoms with E-state index in [1.807, 2.05) is 47.1 Å². The fourth-order valence-corrected chi connectivity index (χ4v) is 2.88. The zero-order chi connectivity index (χ0) is 16.9. The molecular formula is C19H21BN2O2. The highest BCUT2D eigenvalue weighted by atomic mass is 16.7. The SMILES string of the molecule is CC1(C)OB(c2ccc3nc(-c4ccccc4)cn3c2)OC1(C)C. The Kier molecular flexibility index (Phi) is 3.34. The number of hydrogen-bond acceptors (Lipinski definition) is 3. The molecule has 1 fully saturated rings. The van der Waals surface area contributed by atoms with Crippen LogP contribution < -0.4 is 5.46 Å². The zero-order valence-corrected chi connectivity index (χ0v) is 14.5. The summed E-state index contributed by atoms with van der Waals surface area (Å²) >= 11 is 0. The van der Waals surface area contributed by atoms with E-state index in [0.29, 0.717) is 0 Å². The van der Waals surface area contributed by atoms with Crippen molar-refractivity contribution in [1.29, 1.82) is 0 Å². The van der Waals surface area contributed by atoms with Gasteiger partial charge in [0.25, 0.3) is 0 Å². The predicted molar refractivity (Wildman–Crippen MR) is 96.3 cm³/mol. The number of pyridine rings is 1. The lowest BCUT2D eigenvalue weighted by molar-refractivity contribution is 0.00578. The number of imidazole rings is 1. The van der Waals surface area contributed by atoms with Gasteiger partial charge in [0.15, 0.2) is 0 Å². The summed E-state index contributed by atoms with van der Waals surface area (Å²) in [5, 5.41) is 0. The van der Waals surface area contributed by atoms with Crippen molar-refractivity contribution in [2.45, 2.75) is 38.9 Å². The van der Waals surface area contributed by atoms with Crippen LogP contribution in [-0.2, 0) is 9.31 Å². The van der Waals surface area contributed by atoms with Gasteiger partial charge in [-0.1, -0.05) is 36.4 Å². The Morgan fingerprint density at radius 2 is 1.54 bits per heavy atom. The van der Waals surface area contributed by atoms with E-state index in [9.17, 15) is 0 Å². The van der Waals surface area contributed by atoms with Crippen LogP contribution in [0.4, 0.5) is 0 Å². The van der Waals surface area contributed by atoms with Crippen molar-refractivity contribution in [2.75, 3.05) is 0 Å². The van der Waals surface area contributed by atoms with Gasteiger partial charge in [0, 0.05) is 18.0 Å². The van der Waals surface area contributed by atoms with Gasteiger partial charge in [0.05, 0.1) is 16.9 Å². The standard InChI is InChI=1S/C19H21BN2O2/c1-18(2)19(3,4)24-20(23-18)15-10-11-17-21-16(13-22(17)12-15)14-8-6-5-7-9-14/h5-13H,1-4H3. The van der Waals surface area contributed by atoms with Gasteiger partial charge in [0.2, 0.25) is 0 Å². The summed E-state index contributed by atoms with van der Waals surface area (Å²) in [6.07, 6.45) is 4.08. The lowest BCUT2D eigenvalue weighted by Crippen LogP contribution is -2.41. The first-order chi connectivity index (χ1) is 11.4. The number of hydrogen-bond donors (Lipinski definition) is 0. The summed E-state index contributed by atoms with van der Waals surface area (Å²) in [5.74, 6) is 0. The highest BCUT2D eigenvalue weighted by Crippen LogP contribution is 2.36. The molecule has 1 aromatic carbocycles. The quantitative estimate of drug-likeness (QED) is 0.680. The summed E-state index contributed by atoms with van der Waals surface area (Å²) < 4.78 is 14.3. The van der Waals surface area contributed by atoms with Crippen molar-refractivity contribution >= 4 is 18.2 Å². The van der Waals surface area contributed by atoms with E-state index in [4.69, 9.17) is 9.31 Å².